The quantitative estimate of drug-likeness (QED) is 0.242. The van der Waals surface area contributed by atoms with Crippen molar-refractivity contribution in [1.29, 1.82) is 0 Å². The minimum atomic E-state index is -0.323. The lowest BCUT2D eigenvalue weighted by molar-refractivity contribution is 0.194. The first-order valence-electron chi connectivity index (χ1n) is 17.4. The highest BCUT2D eigenvalue weighted by Gasteiger charge is 2.37. The van der Waals surface area contributed by atoms with E-state index in [9.17, 15) is 0 Å². The Morgan fingerprint density at radius 2 is 1.17 bits per heavy atom. The van der Waals surface area contributed by atoms with Crippen molar-refractivity contribution in [3.63, 3.8) is 0 Å². The van der Waals surface area contributed by atoms with Gasteiger partial charge in [0, 0.05) is 5.30 Å². The molecular weight excluding hydrogens is 515 g/mol. The summed E-state index contributed by atoms with van der Waals surface area (Å²) >= 11 is 0. The molecule has 2 aliphatic rings. The van der Waals surface area contributed by atoms with Gasteiger partial charge in [-0.15, -0.1) is 0 Å². The Balaban J connectivity index is 2.09. The minimum Gasteiger partial charge on any atom is -0.490 e. The summed E-state index contributed by atoms with van der Waals surface area (Å²) in [6, 6.07) is 9.92. The predicted molar refractivity (Wildman–Crippen MR) is 184 cm³/mol. The van der Waals surface area contributed by atoms with Crippen molar-refractivity contribution in [2.45, 2.75) is 175 Å². The molecular formula is C39H61OP. The Bertz CT molecular complexity index is 1070. The average Bonchev–Trinajstić information content (AvgIpc) is 2.97. The third kappa shape index (κ3) is 7.43. The molecule has 2 saturated carbocycles. The maximum Gasteiger partial charge on any atom is 0.128 e. The molecule has 2 aromatic carbocycles. The highest BCUT2D eigenvalue weighted by atomic mass is 31.1. The van der Waals surface area contributed by atoms with Gasteiger partial charge in [0.05, 0.1) is 6.10 Å². The molecule has 0 amide bonds. The number of benzene rings is 2. The lowest BCUT2D eigenvalue weighted by atomic mass is 9.80. The zero-order chi connectivity index (χ0) is 29.7. The van der Waals surface area contributed by atoms with Crippen LogP contribution in [0.4, 0.5) is 0 Å². The summed E-state index contributed by atoms with van der Waals surface area (Å²) in [5.41, 5.74) is 10.8. The topological polar surface area (TPSA) is 9.23 Å². The second-order valence-corrected chi connectivity index (χ2v) is 16.9. The van der Waals surface area contributed by atoms with Gasteiger partial charge in [0.15, 0.2) is 0 Å². The summed E-state index contributed by atoms with van der Waals surface area (Å²) in [6.07, 6.45) is 16.6. The van der Waals surface area contributed by atoms with E-state index in [4.69, 9.17) is 4.74 Å². The Morgan fingerprint density at radius 1 is 0.683 bits per heavy atom. The molecule has 1 nitrogen and oxygen atoms in total. The largest absolute Gasteiger partial charge is 0.490 e. The van der Waals surface area contributed by atoms with Gasteiger partial charge >= 0.3 is 0 Å². The van der Waals surface area contributed by atoms with Crippen LogP contribution in [-0.4, -0.2) is 17.4 Å². The Labute approximate surface area is 255 Å². The van der Waals surface area contributed by atoms with Crippen LogP contribution in [0, 0.1) is 6.92 Å². The van der Waals surface area contributed by atoms with E-state index in [1.165, 1.54) is 81.1 Å². The van der Waals surface area contributed by atoms with E-state index in [0.29, 0.717) is 17.8 Å². The van der Waals surface area contributed by atoms with Gasteiger partial charge in [0.25, 0.3) is 0 Å². The van der Waals surface area contributed by atoms with Gasteiger partial charge in [0.2, 0.25) is 0 Å². The van der Waals surface area contributed by atoms with Gasteiger partial charge in [-0.1, -0.05) is 120 Å². The molecule has 2 fully saturated rings. The Morgan fingerprint density at radius 3 is 1.59 bits per heavy atom. The van der Waals surface area contributed by atoms with E-state index in [1.54, 1.807) is 27.6 Å². The average molecular weight is 577 g/mol. The van der Waals surface area contributed by atoms with Crippen molar-refractivity contribution in [1.82, 2.24) is 0 Å². The molecule has 4 rings (SSSR count). The van der Waals surface area contributed by atoms with Crippen LogP contribution in [0.3, 0.4) is 0 Å². The molecule has 2 aliphatic carbocycles. The van der Waals surface area contributed by atoms with Gasteiger partial charge in [-0.2, -0.15) is 0 Å². The normalized spacial score (nSPS) is 17.5. The van der Waals surface area contributed by atoms with Crippen LogP contribution in [0.25, 0.3) is 11.1 Å². The summed E-state index contributed by atoms with van der Waals surface area (Å²) in [6.45, 7) is 21.4. The fraction of sp³-hybridized carbons (Fsp3) is 0.692. The highest BCUT2D eigenvalue weighted by molar-refractivity contribution is 7.67. The van der Waals surface area contributed by atoms with Crippen molar-refractivity contribution in [2.24, 2.45) is 0 Å². The smallest absolute Gasteiger partial charge is 0.128 e. The maximum absolute atomic E-state index is 7.10. The summed E-state index contributed by atoms with van der Waals surface area (Å²) in [5.74, 6) is 2.73. The van der Waals surface area contributed by atoms with Crippen molar-refractivity contribution in [2.75, 3.05) is 0 Å². The monoisotopic (exact) mass is 576 g/mol. The molecule has 0 spiro atoms. The first kappa shape index (κ1) is 32.6. The van der Waals surface area contributed by atoms with Crippen molar-refractivity contribution >= 4 is 13.2 Å². The summed E-state index contributed by atoms with van der Waals surface area (Å²) in [4.78, 5) is 0. The van der Waals surface area contributed by atoms with Gasteiger partial charge in [-0.05, 0) is 114 Å². The molecule has 228 valence electrons. The van der Waals surface area contributed by atoms with Gasteiger partial charge in [-0.3, -0.25) is 0 Å². The van der Waals surface area contributed by atoms with E-state index >= 15 is 0 Å². The second kappa shape index (κ2) is 14.9. The molecule has 0 radical (unpaired) electrons. The van der Waals surface area contributed by atoms with Crippen LogP contribution in [0.1, 0.15) is 172 Å². The second-order valence-electron chi connectivity index (χ2n) is 14.2. The number of aryl methyl sites for hydroxylation is 1. The van der Waals surface area contributed by atoms with Crippen LogP contribution in [-0.2, 0) is 0 Å². The SMILES string of the molecule is CCC(CC)Oc1ccc(C)c(-c2c(C(C)C)cc(C(C)C)cc2C(C)C)c1P(C1CCCCC1)C1CCCCC1. The lowest BCUT2D eigenvalue weighted by Crippen LogP contribution is -2.30. The molecule has 0 N–H and O–H groups in total. The van der Waals surface area contributed by atoms with E-state index in [2.05, 4.69) is 86.6 Å². The molecule has 2 heteroatoms. The Hall–Kier alpha value is -1.33. The molecule has 0 bridgehead atoms. The highest BCUT2D eigenvalue weighted by Crippen LogP contribution is 2.59. The van der Waals surface area contributed by atoms with E-state index in [1.807, 2.05) is 0 Å². The first-order chi connectivity index (χ1) is 19.7. The minimum absolute atomic E-state index is 0.288. The molecule has 0 aliphatic heterocycles. The first-order valence-corrected chi connectivity index (χ1v) is 18.9. The van der Waals surface area contributed by atoms with Crippen LogP contribution in [0.5, 0.6) is 5.75 Å². The molecule has 2 aromatic rings. The molecule has 0 unspecified atom stereocenters. The van der Waals surface area contributed by atoms with Gasteiger partial charge in [0.1, 0.15) is 5.75 Å². The number of rotatable bonds is 11. The van der Waals surface area contributed by atoms with Crippen molar-refractivity contribution < 1.29 is 4.74 Å². The number of ether oxygens (including phenoxy) is 1. The fourth-order valence-corrected chi connectivity index (χ4v) is 11.7. The van der Waals surface area contributed by atoms with Crippen molar-refractivity contribution in [3.8, 4) is 16.9 Å². The van der Waals surface area contributed by atoms with E-state index in [0.717, 1.165) is 24.2 Å². The van der Waals surface area contributed by atoms with Gasteiger partial charge in [-0.25, -0.2) is 0 Å². The molecule has 0 heterocycles. The molecule has 41 heavy (non-hydrogen) atoms. The van der Waals surface area contributed by atoms with Crippen molar-refractivity contribution in [3.05, 3.63) is 46.5 Å². The van der Waals surface area contributed by atoms with Crippen LogP contribution in [0.15, 0.2) is 24.3 Å². The van der Waals surface area contributed by atoms with Gasteiger partial charge < -0.3 is 4.74 Å². The lowest BCUT2D eigenvalue weighted by Gasteiger charge is -2.41. The number of hydrogen-bond donors (Lipinski definition) is 0. The van der Waals surface area contributed by atoms with Crippen LogP contribution >= 0.6 is 7.92 Å². The fourth-order valence-electron chi connectivity index (χ4n) is 7.60. The van der Waals surface area contributed by atoms with Crippen LogP contribution < -0.4 is 10.0 Å². The summed E-state index contributed by atoms with van der Waals surface area (Å²) in [5, 5.41) is 1.66. The Kier molecular flexibility index (Phi) is 11.8. The molecule has 0 atom stereocenters. The zero-order valence-corrected chi connectivity index (χ0v) is 29.0. The maximum atomic E-state index is 7.10. The van der Waals surface area contributed by atoms with E-state index < -0.39 is 0 Å². The standard InChI is InChI=1S/C39H61OP/c1-10-31(11-2)40-36-23-22-29(9)37(38-34(27(5)6)24-30(26(3)4)25-35(38)28(7)8)39(36)41(32-18-14-12-15-19-32)33-20-16-13-17-21-33/h22-28,31-33H,10-21H2,1-9H3. The zero-order valence-electron chi connectivity index (χ0n) is 28.1. The third-order valence-electron chi connectivity index (χ3n) is 10.1. The summed E-state index contributed by atoms with van der Waals surface area (Å²) < 4.78 is 7.10. The molecule has 0 saturated heterocycles. The number of hydrogen-bond acceptors (Lipinski definition) is 1. The van der Waals surface area contributed by atoms with E-state index in [-0.39, 0.29) is 14.0 Å². The third-order valence-corrected chi connectivity index (χ3v) is 13.7. The summed E-state index contributed by atoms with van der Waals surface area (Å²) in [7, 11) is -0.323. The van der Waals surface area contributed by atoms with Crippen LogP contribution in [0.2, 0.25) is 0 Å². The predicted octanol–water partition coefficient (Wildman–Crippen LogP) is 12.4. The molecule has 0 aromatic heterocycles.